The van der Waals surface area contributed by atoms with Gasteiger partial charge in [0, 0.05) is 18.7 Å². The lowest BCUT2D eigenvalue weighted by Crippen LogP contribution is -2.21. The van der Waals surface area contributed by atoms with E-state index in [2.05, 4.69) is 43.2 Å². The van der Waals surface area contributed by atoms with Crippen LogP contribution in [0.25, 0.3) is 0 Å². The van der Waals surface area contributed by atoms with Gasteiger partial charge in [-0.05, 0) is 18.8 Å². The van der Waals surface area contributed by atoms with Crippen LogP contribution in [0.5, 0.6) is 0 Å². The Balaban J connectivity index is 4.12. The summed E-state index contributed by atoms with van der Waals surface area (Å²) < 4.78 is 0. The fourth-order valence-electron chi connectivity index (χ4n) is 1.30. The lowest BCUT2D eigenvalue weighted by molar-refractivity contribution is 0.327. The molecular formula is C12H21N3. The van der Waals surface area contributed by atoms with Crippen LogP contribution < -0.4 is 5.32 Å². The van der Waals surface area contributed by atoms with Gasteiger partial charge in [0.05, 0.1) is 0 Å². The molecule has 3 nitrogen and oxygen atoms in total. The Hall–Kier alpha value is -1.34. The van der Waals surface area contributed by atoms with E-state index in [9.17, 15) is 0 Å². The molecule has 0 amide bonds. The molecule has 0 aromatic carbocycles. The summed E-state index contributed by atoms with van der Waals surface area (Å²) in [6, 6.07) is 0. The summed E-state index contributed by atoms with van der Waals surface area (Å²) in [5.74, 6) is 0. The fraction of sp³-hybridized carbons (Fsp3) is 0.583. The first-order valence-electron chi connectivity index (χ1n) is 5.07. The van der Waals surface area contributed by atoms with Gasteiger partial charge in [-0.3, -0.25) is 0 Å². The van der Waals surface area contributed by atoms with Crippen molar-refractivity contribution in [1.29, 1.82) is 5.53 Å². The lowest BCUT2D eigenvalue weighted by Gasteiger charge is -2.24. The highest BCUT2D eigenvalue weighted by atomic mass is 15.0. The minimum Gasteiger partial charge on any atom is -0.389 e. The minimum atomic E-state index is 0.104. The maximum absolute atomic E-state index is 6.94. The molecule has 0 saturated carbocycles. The topological polar surface area (TPSA) is 48.2 Å². The summed E-state index contributed by atoms with van der Waals surface area (Å²) in [5, 5.41) is 6.58. The molecule has 0 atom stereocenters. The van der Waals surface area contributed by atoms with Crippen LogP contribution in [0.4, 0.5) is 0 Å². The Bertz CT molecular complexity index is 283. The van der Waals surface area contributed by atoms with E-state index in [1.807, 2.05) is 6.92 Å². The molecule has 0 unspecified atom stereocenters. The Labute approximate surface area is 92.5 Å². The van der Waals surface area contributed by atoms with E-state index in [0.717, 1.165) is 25.1 Å². The number of hydrogen-bond acceptors (Lipinski definition) is 3. The first-order valence-corrected chi connectivity index (χ1v) is 5.07. The first-order chi connectivity index (χ1) is 6.91. The fourth-order valence-corrected chi connectivity index (χ4v) is 1.30. The van der Waals surface area contributed by atoms with Crippen LogP contribution >= 0.6 is 0 Å². The van der Waals surface area contributed by atoms with Crippen molar-refractivity contribution >= 4 is 0 Å². The SMILES string of the molecule is C=C=C(CC(C)(C)CCNC(=C)C)N=N. The number of nitrogens with zero attached hydrogens (tertiary/aromatic N) is 1. The Morgan fingerprint density at radius 2 is 2.13 bits per heavy atom. The molecule has 0 spiro atoms. The Kier molecular flexibility index (Phi) is 5.65. The van der Waals surface area contributed by atoms with Crippen molar-refractivity contribution in [1.82, 2.24) is 5.32 Å². The zero-order valence-electron chi connectivity index (χ0n) is 9.98. The van der Waals surface area contributed by atoms with E-state index in [1.165, 1.54) is 0 Å². The second-order valence-corrected chi connectivity index (χ2v) is 4.53. The molecule has 0 bridgehead atoms. The van der Waals surface area contributed by atoms with Crippen LogP contribution in [0.15, 0.2) is 35.4 Å². The maximum Gasteiger partial charge on any atom is 0.104 e. The Morgan fingerprint density at radius 3 is 2.53 bits per heavy atom. The van der Waals surface area contributed by atoms with Crippen molar-refractivity contribution in [3.05, 3.63) is 30.3 Å². The van der Waals surface area contributed by atoms with Gasteiger partial charge in [0.25, 0.3) is 0 Å². The minimum absolute atomic E-state index is 0.104. The van der Waals surface area contributed by atoms with E-state index in [4.69, 9.17) is 5.53 Å². The molecule has 0 aromatic heterocycles. The molecule has 3 heteroatoms. The third-order valence-electron chi connectivity index (χ3n) is 2.21. The molecule has 15 heavy (non-hydrogen) atoms. The lowest BCUT2D eigenvalue weighted by atomic mass is 9.84. The second-order valence-electron chi connectivity index (χ2n) is 4.53. The zero-order chi connectivity index (χ0) is 11.9. The maximum atomic E-state index is 6.94. The quantitative estimate of drug-likeness (QED) is 0.486. The summed E-state index contributed by atoms with van der Waals surface area (Å²) in [7, 11) is 0. The highest BCUT2D eigenvalue weighted by Crippen LogP contribution is 2.28. The van der Waals surface area contributed by atoms with Gasteiger partial charge in [-0.1, -0.05) is 27.0 Å². The Morgan fingerprint density at radius 1 is 1.53 bits per heavy atom. The van der Waals surface area contributed by atoms with Gasteiger partial charge in [0.2, 0.25) is 0 Å². The van der Waals surface area contributed by atoms with Gasteiger partial charge < -0.3 is 5.32 Å². The molecule has 2 N–H and O–H groups in total. The molecule has 0 fully saturated rings. The number of rotatable bonds is 7. The average molecular weight is 207 g/mol. The molecule has 0 saturated heterocycles. The number of allylic oxidation sites excluding steroid dienone is 2. The van der Waals surface area contributed by atoms with Gasteiger partial charge in [-0.2, -0.15) is 5.11 Å². The van der Waals surface area contributed by atoms with E-state index in [1.54, 1.807) is 0 Å². The predicted octanol–water partition coefficient (Wildman–Crippen LogP) is 3.62. The third-order valence-corrected chi connectivity index (χ3v) is 2.21. The largest absolute Gasteiger partial charge is 0.389 e. The normalized spacial score (nSPS) is 10.3. The third kappa shape index (κ3) is 6.69. The standard InChI is InChI=1S/C12H21N3/c1-6-11(15-13)9-12(4,5)7-8-14-10(2)3/h13-14H,1-2,7-9H2,3-5H3. The highest BCUT2D eigenvalue weighted by Gasteiger charge is 2.19. The molecule has 0 rings (SSSR count). The van der Waals surface area contributed by atoms with Gasteiger partial charge in [0.1, 0.15) is 5.70 Å². The van der Waals surface area contributed by atoms with E-state index >= 15 is 0 Å². The molecular weight excluding hydrogens is 186 g/mol. The van der Waals surface area contributed by atoms with Crippen LogP contribution in [0.2, 0.25) is 0 Å². The van der Waals surface area contributed by atoms with Crippen LogP contribution in [0, 0.1) is 10.9 Å². The smallest absolute Gasteiger partial charge is 0.104 e. The van der Waals surface area contributed by atoms with Crippen molar-refractivity contribution < 1.29 is 0 Å². The van der Waals surface area contributed by atoms with Crippen molar-refractivity contribution in [2.24, 2.45) is 10.5 Å². The number of hydrogen-bond donors (Lipinski definition) is 2. The van der Waals surface area contributed by atoms with Crippen molar-refractivity contribution in [3.63, 3.8) is 0 Å². The molecule has 0 aliphatic rings. The summed E-state index contributed by atoms with van der Waals surface area (Å²) in [5.41, 5.74) is 11.3. The summed E-state index contributed by atoms with van der Waals surface area (Å²) in [4.78, 5) is 0. The van der Waals surface area contributed by atoms with Crippen molar-refractivity contribution in [2.45, 2.75) is 33.6 Å². The van der Waals surface area contributed by atoms with Crippen molar-refractivity contribution in [3.8, 4) is 0 Å². The van der Waals surface area contributed by atoms with Gasteiger partial charge in [0.15, 0.2) is 0 Å². The molecule has 0 aliphatic heterocycles. The number of nitrogens with one attached hydrogen (secondary N) is 2. The van der Waals surface area contributed by atoms with Crippen molar-refractivity contribution in [2.75, 3.05) is 6.54 Å². The summed E-state index contributed by atoms with van der Waals surface area (Å²) in [6.07, 6.45) is 1.73. The molecule has 0 aromatic rings. The summed E-state index contributed by atoms with van der Waals surface area (Å²) >= 11 is 0. The van der Waals surface area contributed by atoms with Gasteiger partial charge >= 0.3 is 0 Å². The first kappa shape index (κ1) is 13.7. The molecule has 0 aliphatic carbocycles. The monoisotopic (exact) mass is 207 g/mol. The molecule has 0 heterocycles. The second kappa shape index (κ2) is 6.20. The predicted molar refractivity (Wildman–Crippen MR) is 63.6 cm³/mol. The van der Waals surface area contributed by atoms with E-state index < -0.39 is 0 Å². The van der Waals surface area contributed by atoms with Crippen LogP contribution in [-0.4, -0.2) is 6.54 Å². The van der Waals surface area contributed by atoms with E-state index in [0.29, 0.717) is 5.70 Å². The highest BCUT2D eigenvalue weighted by molar-refractivity contribution is 4.99. The van der Waals surface area contributed by atoms with Crippen LogP contribution in [-0.2, 0) is 0 Å². The van der Waals surface area contributed by atoms with Crippen LogP contribution in [0.1, 0.15) is 33.6 Å². The van der Waals surface area contributed by atoms with Crippen LogP contribution in [0.3, 0.4) is 0 Å². The summed E-state index contributed by atoms with van der Waals surface area (Å²) in [6.45, 7) is 14.4. The molecule has 84 valence electrons. The average Bonchev–Trinajstić information content (AvgIpc) is 2.13. The van der Waals surface area contributed by atoms with Gasteiger partial charge in [-0.25, -0.2) is 5.53 Å². The van der Waals surface area contributed by atoms with E-state index in [-0.39, 0.29) is 5.41 Å². The zero-order valence-corrected chi connectivity index (χ0v) is 9.98. The molecule has 0 radical (unpaired) electrons. The van der Waals surface area contributed by atoms with Gasteiger partial charge in [-0.15, -0.1) is 5.73 Å².